The van der Waals surface area contributed by atoms with E-state index in [9.17, 15) is 4.79 Å². The summed E-state index contributed by atoms with van der Waals surface area (Å²) < 4.78 is 6.99. The van der Waals surface area contributed by atoms with Crippen LogP contribution in [0.4, 0.5) is 5.95 Å². The van der Waals surface area contributed by atoms with Gasteiger partial charge in [-0.2, -0.15) is 10.2 Å². The number of H-pyrrole nitrogens is 1. The molecule has 0 spiro atoms. The molecule has 0 unspecified atom stereocenters. The Bertz CT molecular complexity index is 799. The molecular weight excluding hydrogens is 264 g/mol. The number of aromatic nitrogens is 4. The maximum Gasteiger partial charge on any atom is 0.280 e. The van der Waals surface area contributed by atoms with E-state index < -0.39 is 17.9 Å². The molecule has 1 aliphatic heterocycles. The van der Waals surface area contributed by atoms with Crippen molar-refractivity contribution in [2.45, 2.75) is 12.3 Å². The zero-order chi connectivity index (χ0) is 14.3. The Morgan fingerprint density at radius 2 is 2.45 bits per heavy atom. The van der Waals surface area contributed by atoms with Gasteiger partial charge in [0.1, 0.15) is 6.10 Å². The van der Waals surface area contributed by atoms with Crippen molar-refractivity contribution >= 4 is 17.1 Å². The van der Waals surface area contributed by atoms with E-state index in [0.29, 0.717) is 5.57 Å². The fourth-order valence-corrected chi connectivity index (χ4v) is 2.07. The Labute approximate surface area is 111 Å². The van der Waals surface area contributed by atoms with E-state index in [1.807, 2.05) is 6.07 Å². The molecule has 0 aromatic carbocycles. The van der Waals surface area contributed by atoms with Gasteiger partial charge in [-0.1, -0.05) is 0 Å². The van der Waals surface area contributed by atoms with E-state index in [-0.39, 0.29) is 23.7 Å². The van der Waals surface area contributed by atoms with Crippen LogP contribution in [0.15, 0.2) is 22.8 Å². The fraction of sp³-hybridized carbons (Fsp3) is 0.273. The smallest absolute Gasteiger partial charge is 0.280 e. The summed E-state index contributed by atoms with van der Waals surface area (Å²) in [5.74, 6) is -0.0366. The Morgan fingerprint density at radius 1 is 1.65 bits per heavy atom. The van der Waals surface area contributed by atoms with E-state index in [2.05, 4.69) is 15.0 Å². The second kappa shape index (κ2) is 4.44. The topological polar surface area (TPSA) is 143 Å². The van der Waals surface area contributed by atoms with Crippen molar-refractivity contribution in [2.75, 3.05) is 12.3 Å². The molecule has 0 aliphatic carbocycles. The summed E-state index contributed by atoms with van der Waals surface area (Å²) in [7, 11) is 0. The number of rotatable bonds is 2. The first-order valence-corrected chi connectivity index (χ1v) is 5.74. The minimum absolute atomic E-state index is 0.0366. The summed E-state index contributed by atoms with van der Waals surface area (Å²) in [4.78, 5) is 22.0. The molecule has 1 aliphatic rings. The number of nitrogens with one attached hydrogen (secondary N) is 1. The van der Waals surface area contributed by atoms with Crippen LogP contribution in [-0.4, -0.2) is 37.3 Å². The molecule has 9 heteroatoms. The highest BCUT2D eigenvalue weighted by molar-refractivity contribution is 5.70. The number of aliphatic hydroxyl groups is 1. The summed E-state index contributed by atoms with van der Waals surface area (Å²) in [6.07, 6.45) is 1.56. The molecule has 0 fully saturated rings. The molecule has 9 nitrogen and oxygen atoms in total. The highest BCUT2D eigenvalue weighted by Crippen LogP contribution is 2.28. The van der Waals surface area contributed by atoms with Crippen molar-refractivity contribution in [3.05, 3.63) is 28.3 Å². The summed E-state index contributed by atoms with van der Waals surface area (Å²) >= 11 is 0. The van der Waals surface area contributed by atoms with Crippen LogP contribution in [0.25, 0.3) is 11.2 Å². The standard InChI is InChI=1S/C11H10N6O3/c12-2-5-1-7(20-6(5)3-18)17-4-14-8-9(17)15-11(13)16-10(8)19/h1,4,6-7,18H,3H2,(H3,13,15,16,19)/t6-,7-/m0/s1. The first kappa shape index (κ1) is 12.3. The van der Waals surface area contributed by atoms with Gasteiger partial charge in [0, 0.05) is 0 Å². The van der Waals surface area contributed by atoms with Gasteiger partial charge < -0.3 is 15.6 Å². The minimum Gasteiger partial charge on any atom is -0.393 e. The third-order valence-corrected chi connectivity index (χ3v) is 2.99. The Balaban J connectivity index is 2.11. The third kappa shape index (κ3) is 1.75. The minimum atomic E-state index is -0.693. The van der Waals surface area contributed by atoms with Crippen LogP contribution in [0.1, 0.15) is 6.23 Å². The van der Waals surface area contributed by atoms with Crippen LogP contribution in [0.2, 0.25) is 0 Å². The normalized spacial score (nSPS) is 21.9. The van der Waals surface area contributed by atoms with Gasteiger partial charge in [0.25, 0.3) is 5.56 Å². The second-order valence-electron chi connectivity index (χ2n) is 4.21. The first-order chi connectivity index (χ1) is 9.63. The number of imidazole rings is 1. The van der Waals surface area contributed by atoms with Crippen molar-refractivity contribution in [3.63, 3.8) is 0 Å². The number of fused-ring (bicyclic) bond motifs is 1. The monoisotopic (exact) mass is 274 g/mol. The number of nitrogen functional groups attached to an aromatic ring is 1. The van der Waals surface area contributed by atoms with Gasteiger partial charge in [-0.05, 0) is 6.08 Å². The molecule has 0 bridgehead atoms. The van der Waals surface area contributed by atoms with Crippen LogP contribution in [0.3, 0.4) is 0 Å². The maximum absolute atomic E-state index is 11.7. The molecular formula is C11H10N6O3. The van der Waals surface area contributed by atoms with Gasteiger partial charge in [-0.25, -0.2) is 4.98 Å². The quantitative estimate of drug-likeness (QED) is 0.640. The lowest BCUT2D eigenvalue weighted by Gasteiger charge is -2.14. The molecule has 2 aromatic heterocycles. The highest BCUT2D eigenvalue weighted by Gasteiger charge is 2.29. The second-order valence-corrected chi connectivity index (χ2v) is 4.21. The zero-order valence-corrected chi connectivity index (χ0v) is 10.1. The molecule has 0 saturated heterocycles. The summed E-state index contributed by atoms with van der Waals surface area (Å²) in [5.41, 5.74) is 5.75. The Kier molecular flexibility index (Phi) is 2.74. The number of ether oxygens (including phenoxy) is 1. The fourth-order valence-electron chi connectivity index (χ4n) is 2.07. The van der Waals surface area contributed by atoms with E-state index in [0.717, 1.165) is 0 Å². The number of aromatic amines is 1. The number of nitriles is 1. The van der Waals surface area contributed by atoms with Gasteiger partial charge in [0.05, 0.1) is 24.6 Å². The summed E-state index contributed by atoms with van der Waals surface area (Å²) in [6.45, 7) is -0.307. The summed E-state index contributed by atoms with van der Waals surface area (Å²) in [6, 6.07) is 1.96. The lowest BCUT2D eigenvalue weighted by molar-refractivity contribution is -0.00870. The van der Waals surface area contributed by atoms with Gasteiger partial charge in [-0.15, -0.1) is 0 Å². The summed E-state index contributed by atoms with van der Waals surface area (Å²) in [5, 5.41) is 18.1. The average molecular weight is 274 g/mol. The van der Waals surface area contributed by atoms with Crippen LogP contribution in [0, 0.1) is 11.3 Å². The van der Waals surface area contributed by atoms with E-state index >= 15 is 0 Å². The number of nitrogens with zero attached hydrogens (tertiary/aromatic N) is 4. The maximum atomic E-state index is 11.7. The molecule has 2 aromatic rings. The molecule has 20 heavy (non-hydrogen) atoms. The third-order valence-electron chi connectivity index (χ3n) is 2.99. The average Bonchev–Trinajstić information content (AvgIpc) is 3.01. The highest BCUT2D eigenvalue weighted by atomic mass is 16.5. The molecule has 3 heterocycles. The Morgan fingerprint density at radius 3 is 3.10 bits per heavy atom. The van der Waals surface area contributed by atoms with Crippen LogP contribution < -0.4 is 11.3 Å². The van der Waals surface area contributed by atoms with Crippen molar-refractivity contribution in [1.82, 2.24) is 19.5 Å². The van der Waals surface area contributed by atoms with E-state index in [1.165, 1.54) is 10.9 Å². The van der Waals surface area contributed by atoms with Crippen LogP contribution in [-0.2, 0) is 4.74 Å². The number of nitrogens with two attached hydrogens (primary N) is 1. The number of aliphatic hydroxyl groups excluding tert-OH is 1. The molecule has 0 radical (unpaired) electrons. The lowest BCUT2D eigenvalue weighted by atomic mass is 10.2. The van der Waals surface area contributed by atoms with E-state index in [4.69, 9.17) is 20.8 Å². The molecule has 0 saturated carbocycles. The Hall–Kier alpha value is -2.70. The van der Waals surface area contributed by atoms with Crippen LogP contribution >= 0.6 is 0 Å². The first-order valence-electron chi connectivity index (χ1n) is 5.74. The largest absolute Gasteiger partial charge is 0.393 e. The predicted molar refractivity (Wildman–Crippen MR) is 67.3 cm³/mol. The van der Waals surface area contributed by atoms with Crippen molar-refractivity contribution in [2.24, 2.45) is 0 Å². The van der Waals surface area contributed by atoms with Gasteiger partial charge >= 0.3 is 0 Å². The number of hydrogen-bond donors (Lipinski definition) is 3. The number of hydrogen-bond acceptors (Lipinski definition) is 7. The van der Waals surface area contributed by atoms with Crippen LogP contribution in [0.5, 0.6) is 0 Å². The molecule has 102 valence electrons. The SMILES string of the molecule is N#CC1=C[C@@H](n2cnc3c(=O)[nH]c(N)nc32)O[C@H]1CO. The van der Waals surface area contributed by atoms with Crippen molar-refractivity contribution in [3.8, 4) is 6.07 Å². The van der Waals surface area contributed by atoms with Gasteiger partial charge in [0.2, 0.25) is 5.95 Å². The van der Waals surface area contributed by atoms with Crippen molar-refractivity contribution < 1.29 is 9.84 Å². The molecule has 0 amide bonds. The zero-order valence-electron chi connectivity index (χ0n) is 10.1. The molecule has 2 atom stereocenters. The van der Waals surface area contributed by atoms with Gasteiger partial charge in [-0.3, -0.25) is 14.3 Å². The predicted octanol–water partition coefficient (Wildman–Crippen LogP) is -0.959. The van der Waals surface area contributed by atoms with E-state index in [1.54, 1.807) is 6.08 Å². The number of anilines is 1. The van der Waals surface area contributed by atoms with Gasteiger partial charge in [0.15, 0.2) is 17.4 Å². The lowest BCUT2D eigenvalue weighted by Crippen LogP contribution is -2.18. The molecule has 4 N–H and O–H groups in total. The van der Waals surface area contributed by atoms with Crippen molar-refractivity contribution in [1.29, 1.82) is 5.26 Å². The molecule has 3 rings (SSSR count).